The fraction of sp³-hybridized carbons (Fsp3) is 0.136. The van der Waals surface area contributed by atoms with Gasteiger partial charge in [0.15, 0.2) is 0 Å². The van der Waals surface area contributed by atoms with Crippen LogP contribution in [0.4, 0.5) is 5.69 Å². The molecule has 3 rings (SSSR count). The predicted octanol–water partition coefficient (Wildman–Crippen LogP) is 5.37. The van der Waals surface area contributed by atoms with Crippen molar-refractivity contribution in [3.05, 3.63) is 88.4 Å². The summed E-state index contributed by atoms with van der Waals surface area (Å²) >= 11 is 4.84. The van der Waals surface area contributed by atoms with Crippen LogP contribution in [0.1, 0.15) is 15.9 Å². The minimum Gasteiger partial charge on any atom is -0.465 e. The fourth-order valence-corrected chi connectivity index (χ4v) is 5.80. The van der Waals surface area contributed by atoms with E-state index in [1.54, 1.807) is 48.2 Å². The molecule has 0 fully saturated rings. The molecule has 0 aliphatic carbocycles. The highest BCUT2D eigenvalue weighted by molar-refractivity contribution is 9.10. The van der Waals surface area contributed by atoms with Crippen molar-refractivity contribution in [2.24, 2.45) is 0 Å². The minimum atomic E-state index is -3.89. The first kappa shape index (κ1) is 22.4. The second-order valence-corrected chi connectivity index (χ2v) is 9.99. The van der Waals surface area contributed by atoms with Crippen molar-refractivity contribution < 1.29 is 17.9 Å². The second-order valence-electron chi connectivity index (χ2n) is 6.32. The second kappa shape index (κ2) is 10.1. The zero-order valence-electron chi connectivity index (χ0n) is 16.2. The van der Waals surface area contributed by atoms with Gasteiger partial charge in [0.25, 0.3) is 10.0 Å². The third kappa shape index (κ3) is 5.65. The van der Waals surface area contributed by atoms with Gasteiger partial charge in [0.05, 0.1) is 18.4 Å². The van der Waals surface area contributed by atoms with Gasteiger partial charge in [-0.2, -0.15) is 0 Å². The molecule has 0 unspecified atom stereocenters. The molecule has 0 aliphatic rings. The summed E-state index contributed by atoms with van der Waals surface area (Å²) in [4.78, 5) is 13.2. The van der Waals surface area contributed by atoms with E-state index in [9.17, 15) is 13.2 Å². The van der Waals surface area contributed by atoms with Crippen LogP contribution in [0.3, 0.4) is 0 Å². The van der Waals surface area contributed by atoms with Gasteiger partial charge in [-0.15, -0.1) is 11.8 Å². The number of hydrogen-bond donors (Lipinski definition) is 1. The number of ether oxygens (including phenoxy) is 1. The number of methoxy groups -OCH3 is 1. The Bertz CT molecular complexity index is 1130. The normalized spacial score (nSPS) is 11.1. The highest BCUT2D eigenvalue weighted by Crippen LogP contribution is 2.29. The van der Waals surface area contributed by atoms with Crippen molar-refractivity contribution in [2.45, 2.75) is 16.2 Å². The van der Waals surface area contributed by atoms with Gasteiger partial charge in [-0.25, -0.2) is 13.2 Å². The van der Waals surface area contributed by atoms with Crippen molar-refractivity contribution >= 4 is 49.4 Å². The Morgan fingerprint density at radius 1 is 1.03 bits per heavy atom. The molecule has 0 spiro atoms. The average Bonchev–Trinajstić information content (AvgIpc) is 2.75. The maximum atomic E-state index is 12.8. The van der Waals surface area contributed by atoms with E-state index in [1.807, 2.05) is 18.2 Å². The molecule has 0 saturated carbocycles. The number of hydrogen-bond acceptors (Lipinski definition) is 5. The summed E-state index contributed by atoms with van der Waals surface area (Å²) in [6.07, 6.45) is 0.884. The van der Waals surface area contributed by atoms with E-state index in [4.69, 9.17) is 4.74 Å². The molecule has 5 nitrogen and oxygen atoms in total. The Labute approximate surface area is 189 Å². The first-order chi connectivity index (χ1) is 14.4. The van der Waals surface area contributed by atoms with E-state index in [2.05, 4.69) is 32.8 Å². The number of halogens is 1. The standard InChI is InChI=1S/C22H20BrNO4S2/c1-28-22(25)18-15-17(29-14-13-16-7-3-2-4-8-16)11-12-20(18)24-30(26,27)21-10-6-5-9-19(21)23/h2-12,15,24H,13-14H2,1H3. The first-order valence-electron chi connectivity index (χ1n) is 9.07. The summed E-state index contributed by atoms with van der Waals surface area (Å²) in [6, 6.07) is 21.6. The molecule has 0 aliphatic heterocycles. The summed E-state index contributed by atoms with van der Waals surface area (Å²) in [5.41, 5.74) is 1.57. The molecule has 156 valence electrons. The van der Waals surface area contributed by atoms with Crippen LogP contribution in [-0.2, 0) is 21.2 Å². The monoisotopic (exact) mass is 505 g/mol. The molecule has 3 aromatic carbocycles. The van der Waals surface area contributed by atoms with Gasteiger partial charge < -0.3 is 4.74 Å². The van der Waals surface area contributed by atoms with Crippen LogP contribution < -0.4 is 4.72 Å². The molecule has 0 saturated heterocycles. The highest BCUT2D eigenvalue weighted by Gasteiger charge is 2.21. The summed E-state index contributed by atoms with van der Waals surface area (Å²) in [5, 5.41) is 0. The average molecular weight is 506 g/mol. The van der Waals surface area contributed by atoms with Crippen LogP contribution in [0.25, 0.3) is 0 Å². The van der Waals surface area contributed by atoms with E-state index in [-0.39, 0.29) is 16.1 Å². The molecule has 0 amide bonds. The Morgan fingerprint density at radius 2 is 1.73 bits per heavy atom. The third-order valence-electron chi connectivity index (χ3n) is 4.27. The molecular weight excluding hydrogens is 486 g/mol. The number of thioether (sulfide) groups is 1. The lowest BCUT2D eigenvalue weighted by Crippen LogP contribution is -2.16. The molecule has 0 aromatic heterocycles. The molecule has 3 aromatic rings. The van der Waals surface area contributed by atoms with Crippen molar-refractivity contribution in [2.75, 3.05) is 17.6 Å². The summed E-state index contributed by atoms with van der Waals surface area (Å²) in [5.74, 6) is 0.220. The Balaban J connectivity index is 1.81. The van der Waals surface area contributed by atoms with Gasteiger partial charge in [0.1, 0.15) is 4.90 Å². The Morgan fingerprint density at radius 3 is 2.43 bits per heavy atom. The molecule has 0 radical (unpaired) electrons. The smallest absolute Gasteiger partial charge is 0.340 e. The number of carbonyl (C=O) groups is 1. The van der Waals surface area contributed by atoms with Gasteiger partial charge in [0, 0.05) is 15.1 Å². The molecule has 30 heavy (non-hydrogen) atoms. The SMILES string of the molecule is COC(=O)c1cc(SCCc2ccccc2)ccc1NS(=O)(=O)c1ccccc1Br. The van der Waals surface area contributed by atoms with Gasteiger partial charge >= 0.3 is 5.97 Å². The van der Waals surface area contributed by atoms with Crippen LogP contribution in [0, 0.1) is 0 Å². The number of aryl methyl sites for hydroxylation is 1. The van der Waals surface area contributed by atoms with E-state index in [1.165, 1.54) is 18.7 Å². The number of carbonyl (C=O) groups excluding carboxylic acids is 1. The van der Waals surface area contributed by atoms with E-state index in [0.717, 1.165) is 17.1 Å². The Kier molecular flexibility index (Phi) is 7.58. The summed E-state index contributed by atoms with van der Waals surface area (Å²) < 4.78 is 33.4. The van der Waals surface area contributed by atoms with Crippen molar-refractivity contribution in [1.82, 2.24) is 0 Å². The predicted molar refractivity (Wildman–Crippen MR) is 124 cm³/mol. The van der Waals surface area contributed by atoms with E-state index >= 15 is 0 Å². The van der Waals surface area contributed by atoms with Gasteiger partial charge in [-0.1, -0.05) is 42.5 Å². The first-order valence-corrected chi connectivity index (χ1v) is 12.3. The van der Waals surface area contributed by atoms with Crippen LogP contribution in [0.15, 0.2) is 87.1 Å². The zero-order chi connectivity index (χ0) is 21.6. The van der Waals surface area contributed by atoms with Crippen LogP contribution in [-0.4, -0.2) is 27.2 Å². The van der Waals surface area contributed by atoms with Crippen molar-refractivity contribution in [1.29, 1.82) is 0 Å². The lowest BCUT2D eigenvalue weighted by atomic mass is 10.2. The zero-order valence-corrected chi connectivity index (χ0v) is 19.4. The molecular formula is C22H20BrNO4S2. The number of sulfonamides is 1. The number of benzene rings is 3. The largest absolute Gasteiger partial charge is 0.465 e. The highest BCUT2D eigenvalue weighted by atomic mass is 79.9. The van der Waals surface area contributed by atoms with Gasteiger partial charge in [0.2, 0.25) is 0 Å². The Hall–Kier alpha value is -2.29. The van der Waals surface area contributed by atoms with Crippen LogP contribution >= 0.6 is 27.7 Å². The minimum absolute atomic E-state index is 0.0853. The van der Waals surface area contributed by atoms with E-state index < -0.39 is 16.0 Å². The van der Waals surface area contributed by atoms with Crippen molar-refractivity contribution in [3.63, 3.8) is 0 Å². The van der Waals surface area contributed by atoms with Crippen molar-refractivity contribution in [3.8, 4) is 0 Å². The summed E-state index contributed by atoms with van der Waals surface area (Å²) in [6.45, 7) is 0. The van der Waals surface area contributed by atoms with Gasteiger partial charge in [-0.3, -0.25) is 4.72 Å². The quantitative estimate of drug-likeness (QED) is 0.329. The lowest BCUT2D eigenvalue weighted by molar-refractivity contribution is 0.0601. The lowest BCUT2D eigenvalue weighted by Gasteiger charge is -2.14. The third-order valence-corrected chi connectivity index (χ3v) is 7.64. The van der Waals surface area contributed by atoms with E-state index in [0.29, 0.717) is 4.47 Å². The molecule has 8 heteroatoms. The number of anilines is 1. The number of esters is 1. The molecule has 0 bridgehead atoms. The fourth-order valence-electron chi connectivity index (χ4n) is 2.77. The maximum Gasteiger partial charge on any atom is 0.340 e. The topological polar surface area (TPSA) is 72.5 Å². The number of rotatable bonds is 8. The number of nitrogens with one attached hydrogen (secondary N) is 1. The van der Waals surface area contributed by atoms with Gasteiger partial charge in [-0.05, 0) is 58.2 Å². The summed E-state index contributed by atoms with van der Waals surface area (Å²) in [7, 11) is -2.62. The van der Waals surface area contributed by atoms with Crippen LogP contribution in [0.5, 0.6) is 0 Å². The molecule has 0 heterocycles. The van der Waals surface area contributed by atoms with Crippen LogP contribution in [0.2, 0.25) is 0 Å². The molecule has 0 atom stereocenters. The molecule has 1 N–H and O–H groups in total. The maximum absolute atomic E-state index is 12.8.